The number of ether oxygens (including phenoxy) is 2. The molecule has 0 saturated carbocycles. The van der Waals surface area contributed by atoms with Gasteiger partial charge in [-0.1, -0.05) is 12.1 Å². The molecule has 8 nitrogen and oxygen atoms in total. The minimum atomic E-state index is -3.66. The Morgan fingerprint density at radius 1 is 1.26 bits per heavy atom. The van der Waals surface area contributed by atoms with E-state index in [1.54, 1.807) is 6.20 Å². The van der Waals surface area contributed by atoms with Gasteiger partial charge in [-0.3, -0.25) is 0 Å². The Kier molecular flexibility index (Phi) is 6.15. The van der Waals surface area contributed by atoms with Crippen LogP contribution >= 0.6 is 0 Å². The van der Waals surface area contributed by atoms with Crippen molar-refractivity contribution in [1.29, 1.82) is 0 Å². The van der Waals surface area contributed by atoms with Gasteiger partial charge in [-0.25, -0.2) is 22.9 Å². The number of pyridine rings is 1. The van der Waals surface area contributed by atoms with Crippen LogP contribution in [0.1, 0.15) is 37.3 Å². The number of fused-ring (bicyclic) bond motifs is 1. The number of carbonyl (C=O) groups is 1. The third-order valence-electron chi connectivity index (χ3n) is 5.57. The highest BCUT2D eigenvalue weighted by Gasteiger charge is 2.23. The van der Waals surface area contributed by atoms with Gasteiger partial charge in [-0.05, 0) is 48.9 Å². The Hall–Kier alpha value is -2.65. The predicted octanol–water partition coefficient (Wildman–Crippen LogP) is 3.26. The topological polar surface area (TPSA) is 107 Å². The summed E-state index contributed by atoms with van der Waals surface area (Å²) in [5.74, 6) is 0.517. The molecule has 0 spiro atoms. The quantitative estimate of drug-likeness (QED) is 0.732. The highest BCUT2D eigenvalue weighted by molar-refractivity contribution is 7.89. The summed E-state index contributed by atoms with van der Waals surface area (Å²) in [6.07, 6.45) is 7.21. The number of aryl methyl sites for hydroxylation is 1. The Morgan fingerprint density at radius 2 is 2.10 bits per heavy atom. The summed E-state index contributed by atoms with van der Waals surface area (Å²) in [7, 11) is -3.66. The van der Waals surface area contributed by atoms with E-state index >= 15 is 0 Å². The number of amides is 2. The van der Waals surface area contributed by atoms with Crippen LogP contribution in [0.2, 0.25) is 0 Å². The van der Waals surface area contributed by atoms with E-state index in [4.69, 9.17) is 9.47 Å². The molecular weight excluding hydrogens is 418 g/mol. The first-order chi connectivity index (χ1) is 14.8. The lowest BCUT2D eigenvalue weighted by molar-refractivity contribution is -0.0263. The average molecular weight is 446 g/mol. The highest BCUT2D eigenvalue weighted by atomic mass is 32.2. The van der Waals surface area contributed by atoms with Crippen LogP contribution in [0.3, 0.4) is 0 Å². The van der Waals surface area contributed by atoms with Gasteiger partial charge in [0.15, 0.2) is 0 Å². The van der Waals surface area contributed by atoms with Gasteiger partial charge in [0.2, 0.25) is 15.9 Å². The number of hydrogen-bond donors (Lipinski definition) is 2. The maximum absolute atomic E-state index is 12.3. The van der Waals surface area contributed by atoms with E-state index in [1.165, 1.54) is 5.56 Å². The number of hydrogen-bond acceptors (Lipinski definition) is 6. The first kappa shape index (κ1) is 21.6. The Morgan fingerprint density at radius 3 is 2.87 bits per heavy atom. The second-order valence-electron chi connectivity index (χ2n) is 8.14. The number of anilines is 1. The van der Waals surface area contributed by atoms with Gasteiger partial charge in [-0.15, -0.1) is 0 Å². The molecule has 0 bridgehead atoms. The molecule has 1 aromatic carbocycles. The minimum Gasteiger partial charge on any atom is -0.474 e. The molecule has 1 fully saturated rings. The number of nitrogens with zero attached hydrogens (tertiary/aromatic N) is 1. The number of rotatable bonds is 5. The van der Waals surface area contributed by atoms with Gasteiger partial charge in [0.25, 0.3) is 0 Å². The third-order valence-corrected chi connectivity index (χ3v) is 6.13. The monoisotopic (exact) mass is 445 g/mol. The molecule has 2 unspecified atom stereocenters. The summed E-state index contributed by atoms with van der Waals surface area (Å²) in [6, 6.07) is 6.96. The molecule has 2 heterocycles. The van der Waals surface area contributed by atoms with E-state index < -0.39 is 16.1 Å². The molecule has 1 saturated heterocycles. The summed E-state index contributed by atoms with van der Waals surface area (Å²) in [4.78, 5) is 16.7. The number of sulfonamides is 1. The van der Waals surface area contributed by atoms with Crippen LogP contribution in [-0.4, -0.2) is 44.5 Å². The van der Waals surface area contributed by atoms with Gasteiger partial charge in [-0.2, -0.15) is 0 Å². The maximum atomic E-state index is 12.3. The highest BCUT2D eigenvalue weighted by Crippen LogP contribution is 2.38. The van der Waals surface area contributed by atoms with E-state index in [0.717, 1.165) is 55.1 Å². The van der Waals surface area contributed by atoms with Gasteiger partial charge in [0.1, 0.15) is 6.10 Å². The fourth-order valence-electron chi connectivity index (χ4n) is 4.23. The number of urea groups is 1. The van der Waals surface area contributed by atoms with Gasteiger partial charge in [0, 0.05) is 30.7 Å². The number of benzene rings is 1. The number of nitrogens with one attached hydrogen (secondary N) is 2. The Balaban J connectivity index is 1.64. The summed E-state index contributed by atoms with van der Waals surface area (Å²) >= 11 is 0. The average Bonchev–Trinajstić information content (AvgIpc) is 3.16. The van der Waals surface area contributed by atoms with E-state index in [9.17, 15) is 13.2 Å². The molecule has 2 aliphatic rings. The SMILES string of the molecule is CC1CC(Oc2cc(-c3ccc4c(c3NC(=O)NS(C)(=O)=O)CCC4)ccn2)CCO1. The van der Waals surface area contributed by atoms with Crippen LogP contribution in [0, 0.1) is 0 Å². The Bertz CT molecular complexity index is 1090. The van der Waals surface area contributed by atoms with Gasteiger partial charge in [0.05, 0.1) is 24.7 Å². The predicted molar refractivity (Wildman–Crippen MR) is 118 cm³/mol. The fraction of sp³-hybridized carbons (Fsp3) is 0.455. The summed E-state index contributed by atoms with van der Waals surface area (Å²) in [6.45, 7) is 2.70. The molecule has 2 N–H and O–H groups in total. The molecule has 31 heavy (non-hydrogen) atoms. The zero-order valence-electron chi connectivity index (χ0n) is 17.7. The molecule has 1 aliphatic heterocycles. The van der Waals surface area contributed by atoms with Crippen molar-refractivity contribution in [3.8, 4) is 17.0 Å². The first-order valence-corrected chi connectivity index (χ1v) is 12.4. The number of carbonyl (C=O) groups excluding carboxylic acids is 1. The molecule has 166 valence electrons. The smallest absolute Gasteiger partial charge is 0.332 e. The molecule has 1 aliphatic carbocycles. The van der Waals surface area contributed by atoms with Crippen molar-refractivity contribution in [3.05, 3.63) is 41.6 Å². The first-order valence-electron chi connectivity index (χ1n) is 10.5. The van der Waals surface area contributed by atoms with Crippen molar-refractivity contribution in [2.75, 3.05) is 18.2 Å². The molecular formula is C22H27N3O5S. The van der Waals surface area contributed by atoms with Crippen molar-refractivity contribution >= 4 is 21.7 Å². The van der Waals surface area contributed by atoms with Crippen molar-refractivity contribution in [3.63, 3.8) is 0 Å². The van der Waals surface area contributed by atoms with Crippen LogP contribution in [0.25, 0.3) is 11.1 Å². The summed E-state index contributed by atoms with van der Waals surface area (Å²) < 4.78 is 36.6. The summed E-state index contributed by atoms with van der Waals surface area (Å²) in [5, 5.41) is 2.77. The molecule has 2 atom stereocenters. The minimum absolute atomic E-state index is 0.0460. The van der Waals surface area contributed by atoms with E-state index in [1.807, 2.05) is 29.8 Å². The zero-order valence-corrected chi connectivity index (χ0v) is 18.5. The number of aromatic nitrogens is 1. The van der Waals surface area contributed by atoms with Crippen LogP contribution < -0.4 is 14.8 Å². The Labute approximate surface area is 182 Å². The normalized spacial score (nSPS) is 20.7. The summed E-state index contributed by atoms with van der Waals surface area (Å²) in [5.41, 5.74) is 4.48. The molecule has 0 radical (unpaired) electrons. The fourth-order valence-corrected chi connectivity index (χ4v) is 4.62. The van der Waals surface area contributed by atoms with E-state index in [2.05, 4.69) is 16.4 Å². The third kappa shape index (κ3) is 5.34. The van der Waals surface area contributed by atoms with Crippen LogP contribution in [0.15, 0.2) is 30.5 Å². The molecule has 2 aromatic rings. The lowest BCUT2D eigenvalue weighted by Crippen LogP contribution is -2.33. The van der Waals surface area contributed by atoms with Crippen molar-refractivity contribution < 1.29 is 22.7 Å². The van der Waals surface area contributed by atoms with E-state index in [0.29, 0.717) is 18.2 Å². The van der Waals surface area contributed by atoms with Crippen molar-refractivity contribution in [2.24, 2.45) is 0 Å². The molecule has 2 amide bonds. The van der Waals surface area contributed by atoms with E-state index in [-0.39, 0.29) is 12.2 Å². The lowest BCUT2D eigenvalue weighted by atomic mass is 9.98. The second-order valence-corrected chi connectivity index (χ2v) is 9.88. The van der Waals surface area contributed by atoms with Crippen molar-refractivity contribution in [1.82, 2.24) is 9.71 Å². The van der Waals surface area contributed by atoms with Crippen LogP contribution in [0.4, 0.5) is 10.5 Å². The maximum Gasteiger partial charge on any atom is 0.332 e. The molecule has 4 rings (SSSR count). The van der Waals surface area contributed by atoms with Gasteiger partial charge < -0.3 is 14.8 Å². The lowest BCUT2D eigenvalue weighted by Gasteiger charge is -2.27. The van der Waals surface area contributed by atoms with Gasteiger partial charge >= 0.3 is 6.03 Å². The van der Waals surface area contributed by atoms with Crippen LogP contribution in [0.5, 0.6) is 5.88 Å². The molecule has 9 heteroatoms. The standard InChI is InChI=1S/C22H27N3O5S/c1-14-12-17(9-11-29-14)30-20-13-16(8-10-23-20)19-7-6-15-4-3-5-18(15)21(19)24-22(26)25-31(2,27)28/h6-8,10,13-14,17H,3-5,9,11-12H2,1-2H3,(H2,24,25,26). The van der Waals surface area contributed by atoms with Crippen molar-refractivity contribution in [2.45, 2.75) is 51.2 Å². The zero-order chi connectivity index (χ0) is 22.0. The second kappa shape index (κ2) is 8.84. The van der Waals surface area contributed by atoms with Crippen LogP contribution in [-0.2, 0) is 27.6 Å². The molecule has 1 aromatic heterocycles. The largest absolute Gasteiger partial charge is 0.474 e.